The Morgan fingerprint density at radius 2 is 1.76 bits per heavy atom. The summed E-state index contributed by atoms with van der Waals surface area (Å²) < 4.78 is 32.9. The molecule has 2 aromatic carbocycles. The number of hydrogen-bond acceptors (Lipinski definition) is 5. The molecule has 0 saturated carbocycles. The minimum atomic E-state index is -3.68. The van der Waals surface area contributed by atoms with E-state index in [2.05, 4.69) is 45.8 Å². The Hall–Kier alpha value is -1.80. The van der Waals surface area contributed by atoms with E-state index in [1.54, 1.807) is 12.1 Å². The fourth-order valence-electron chi connectivity index (χ4n) is 3.38. The van der Waals surface area contributed by atoms with Crippen LogP contribution in [-0.4, -0.2) is 60.2 Å². The number of nitrogens with one attached hydrogen (secondary N) is 1. The smallest absolute Gasteiger partial charge is 0.244 e. The summed E-state index contributed by atoms with van der Waals surface area (Å²) >= 11 is 5.94. The Morgan fingerprint density at radius 3 is 2.41 bits per heavy atom. The van der Waals surface area contributed by atoms with Crippen molar-refractivity contribution in [2.24, 2.45) is 0 Å². The van der Waals surface area contributed by atoms with Gasteiger partial charge in [-0.3, -0.25) is 0 Å². The van der Waals surface area contributed by atoms with Gasteiger partial charge in [0.15, 0.2) is 0 Å². The first-order valence-corrected chi connectivity index (χ1v) is 11.6. The zero-order valence-electron chi connectivity index (χ0n) is 16.9. The Morgan fingerprint density at radius 1 is 1.07 bits per heavy atom. The summed E-state index contributed by atoms with van der Waals surface area (Å²) in [6.45, 7) is 4.60. The molecule has 1 N–H and O–H groups in total. The van der Waals surface area contributed by atoms with Crippen LogP contribution in [0.1, 0.15) is 12.0 Å². The van der Waals surface area contributed by atoms with Crippen molar-refractivity contribution in [3.05, 3.63) is 53.1 Å². The fraction of sp³-hybridized carbons (Fsp3) is 0.429. The van der Waals surface area contributed by atoms with Crippen molar-refractivity contribution >= 4 is 27.3 Å². The van der Waals surface area contributed by atoms with Crippen LogP contribution in [0.15, 0.2) is 47.4 Å². The number of halogens is 1. The zero-order chi connectivity index (χ0) is 20.9. The molecule has 0 bridgehead atoms. The summed E-state index contributed by atoms with van der Waals surface area (Å²) in [4.78, 5) is 4.80. The Bertz CT molecular complexity index is 911. The van der Waals surface area contributed by atoms with Gasteiger partial charge in [-0.1, -0.05) is 23.7 Å². The van der Waals surface area contributed by atoms with E-state index in [9.17, 15) is 8.42 Å². The summed E-state index contributed by atoms with van der Waals surface area (Å²) in [5, 5.41) is 0.353. The maximum absolute atomic E-state index is 12.6. The first kappa shape index (κ1) is 21.9. The minimum Gasteiger partial charge on any atom is -0.495 e. The maximum Gasteiger partial charge on any atom is 0.244 e. The van der Waals surface area contributed by atoms with Gasteiger partial charge in [0, 0.05) is 43.4 Å². The van der Waals surface area contributed by atoms with E-state index in [-0.39, 0.29) is 10.6 Å². The van der Waals surface area contributed by atoms with Crippen LogP contribution in [0.2, 0.25) is 5.02 Å². The molecule has 0 radical (unpaired) electrons. The number of methoxy groups -OCH3 is 1. The number of anilines is 1. The number of rotatable bonds is 8. The van der Waals surface area contributed by atoms with Crippen LogP contribution >= 0.6 is 11.6 Å². The van der Waals surface area contributed by atoms with Crippen molar-refractivity contribution in [3.63, 3.8) is 0 Å². The molecule has 0 aliphatic carbocycles. The molecule has 29 heavy (non-hydrogen) atoms. The third kappa shape index (κ3) is 5.85. The number of ether oxygens (including phenoxy) is 1. The van der Waals surface area contributed by atoms with Crippen LogP contribution in [0, 0.1) is 0 Å². The molecule has 0 atom stereocenters. The molecule has 2 aromatic rings. The molecule has 0 amide bonds. The predicted molar refractivity (Wildman–Crippen MR) is 118 cm³/mol. The molecule has 1 fully saturated rings. The van der Waals surface area contributed by atoms with Crippen LogP contribution in [0.4, 0.5) is 5.69 Å². The van der Waals surface area contributed by atoms with Gasteiger partial charge in [-0.05, 0) is 55.8 Å². The lowest BCUT2D eigenvalue weighted by Gasteiger charge is -2.34. The highest BCUT2D eigenvalue weighted by atomic mass is 35.5. The number of nitrogens with zero attached hydrogens (tertiary/aromatic N) is 2. The number of likely N-dealkylation sites (N-methyl/N-ethyl adjacent to an activating group) is 1. The van der Waals surface area contributed by atoms with Gasteiger partial charge in [0.05, 0.1) is 7.11 Å². The van der Waals surface area contributed by atoms with Gasteiger partial charge in [0.2, 0.25) is 10.0 Å². The normalized spacial score (nSPS) is 15.5. The SMILES string of the molecule is COc1ccc(Cl)cc1S(=O)(=O)NCCCc1ccc(N2CCN(C)CC2)cc1. The second kappa shape index (κ2) is 9.80. The summed E-state index contributed by atoms with van der Waals surface area (Å²) in [6, 6.07) is 13.1. The molecule has 8 heteroatoms. The lowest BCUT2D eigenvalue weighted by molar-refractivity contribution is 0.313. The van der Waals surface area contributed by atoms with Gasteiger partial charge in [0.1, 0.15) is 10.6 Å². The molecule has 1 heterocycles. The largest absolute Gasteiger partial charge is 0.495 e. The van der Waals surface area contributed by atoms with Gasteiger partial charge in [-0.15, -0.1) is 0 Å². The van der Waals surface area contributed by atoms with E-state index in [1.165, 1.54) is 24.4 Å². The monoisotopic (exact) mass is 437 g/mol. The molecule has 158 valence electrons. The number of benzene rings is 2. The molecular formula is C21H28ClN3O3S. The van der Waals surface area contributed by atoms with E-state index in [4.69, 9.17) is 16.3 Å². The van der Waals surface area contributed by atoms with Crippen molar-refractivity contribution in [2.45, 2.75) is 17.7 Å². The highest BCUT2D eigenvalue weighted by molar-refractivity contribution is 7.89. The van der Waals surface area contributed by atoms with Gasteiger partial charge in [-0.25, -0.2) is 13.1 Å². The van der Waals surface area contributed by atoms with Crippen LogP contribution < -0.4 is 14.4 Å². The average molecular weight is 438 g/mol. The van der Waals surface area contributed by atoms with Crippen molar-refractivity contribution in [3.8, 4) is 5.75 Å². The first-order chi connectivity index (χ1) is 13.9. The average Bonchev–Trinajstić information content (AvgIpc) is 2.72. The highest BCUT2D eigenvalue weighted by Gasteiger charge is 2.19. The van der Waals surface area contributed by atoms with Gasteiger partial charge in [0.25, 0.3) is 0 Å². The summed E-state index contributed by atoms with van der Waals surface area (Å²) in [5.74, 6) is 0.279. The number of sulfonamides is 1. The van der Waals surface area contributed by atoms with Gasteiger partial charge in [-0.2, -0.15) is 0 Å². The van der Waals surface area contributed by atoms with E-state index < -0.39 is 10.0 Å². The molecule has 1 saturated heterocycles. The van der Waals surface area contributed by atoms with Crippen LogP contribution in [0.3, 0.4) is 0 Å². The molecule has 1 aliphatic heterocycles. The first-order valence-electron chi connectivity index (χ1n) is 9.75. The number of piperazine rings is 1. The Labute approximate surface area is 178 Å². The molecule has 3 rings (SSSR count). The molecule has 6 nitrogen and oxygen atoms in total. The topological polar surface area (TPSA) is 61.9 Å². The van der Waals surface area contributed by atoms with E-state index in [0.29, 0.717) is 18.0 Å². The quantitative estimate of drug-likeness (QED) is 0.643. The Balaban J connectivity index is 1.51. The summed E-state index contributed by atoms with van der Waals surface area (Å²) in [5.41, 5.74) is 2.44. The van der Waals surface area contributed by atoms with E-state index in [1.807, 2.05) is 0 Å². The van der Waals surface area contributed by atoms with Gasteiger partial charge >= 0.3 is 0 Å². The fourth-order valence-corrected chi connectivity index (χ4v) is 4.88. The third-order valence-electron chi connectivity index (χ3n) is 5.15. The molecule has 0 aromatic heterocycles. The van der Waals surface area contributed by atoms with Crippen LogP contribution in [-0.2, 0) is 16.4 Å². The van der Waals surface area contributed by atoms with Crippen molar-refractivity contribution in [1.82, 2.24) is 9.62 Å². The molecule has 0 spiro atoms. The number of aryl methyl sites for hydroxylation is 1. The highest BCUT2D eigenvalue weighted by Crippen LogP contribution is 2.26. The van der Waals surface area contributed by atoms with Crippen molar-refractivity contribution in [1.29, 1.82) is 0 Å². The lowest BCUT2D eigenvalue weighted by Crippen LogP contribution is -2.44. The molecule has 0 unspecified atom stereocenters. The minimum absolute atomic E-state index is 0.0593. The second-order valence-corrected chi connectivity index (χ2v) is 9.43. The lowest BCUT2D eigenvalue weighted by atomic mass is 10.1. The third-order valence-corrected chi connectivity index (χ3v) is 6.87. The molecule has 1 aliphatic rings. The molecular weight excluding hydrogens is 410 g/mol. The van der Waals surface area contributed by atoms with Gasteiger partial charge < -0.3 is 14.5 Å². The van der Waals surface area contributed by atoms with Crippen molar-refractivity contribution < 1.29 is 13.2 Å². The summed E-state index contributed by atoms with van der Waals surface area (Å²) in [6.07, 6.45) is 1.51. The standard InChI is InChI=1S/C21H28ClN3O3S/c1-24-12-14-25(15-13-24)19-8-5-17(6-9-19)4-3-11-23-29(26,27)21-16-18(22)7-10-20(21)28-2/h5-10,16,23H,3-4,11-15H2,1-2H3. The van der Waals surface area contributed by atoms with Crippen LogP contribution in [0.25, 0.3) is 0 Å². The van der Waals surface area contributed by atoms with E-state index in [0.717, 1.165) is 32.6 Å². The maximum atomic E-state index is 12.6. The van der Waals surface area contributed by atoms with Crippen LogP contribution in [0.5, 0.6) is 5.75 Å². The summed E-state index contributed by atoms with van der Waals surface area (Å²) in [7, 11) is -0.0873. The Kier molecular flexibility index (Phi) is 7.40. The predicted octanol–water partition coefficient (Wildman–Crippen LogP) is 3.01. The zero-order valence-corrected chi connectivity index (χ0v) is 18.5. The second-order valence-electron chi connectivity index (χ2n) is 7.25. The number of hydrogen-bond donors (Lipinski definition) is 1. The van der Waals surface area contributed by atoms with E-state index >= 15 is 0 Å². The van der Waals surface area contributed by atoms with Crippen molar-refractivity contribution in [2.75, 3.05) is 51.8 Å².